The zero-order chi connectivity index (χ0) is 17.2. The third-order valence-electron chi connectivity index (χ3n) is 5.14. The molecule has 2 aromatic heterocycles. The molecule has 2 aliphatic rings. The first-order valence-corrected chi connectivity index (χ1v) is 9.01. The number of aryl methyl sites for hydroxylation is 1. The van der Waals surface area contributed by atoms with Crippen molar-refractivity contribution in [2.75, 3.05) is 31.1 Å². The number of carbonyl (C=O) groups excluding carboxylic acids is 1. The fourth-order valence-electron chi connectivity index (χ4n) is 3.79. The number of carbonyl (C=O) groups is 1. The molecule has 1 aliphatic heterocycles. The predicted molar refractivity (Wildman–Crippen MR) is 93.0 cm³/mol. The van der Waals surface area contributed by atoms with Crippen LogP contribution < -0.4 is 4.90 Å². The maximum absolute atomic E-state index is 12.6. The van der Waals surface area contributed by atoms with E-state index in [1.807, 2.05) is 17.0 Å². The highest BCUT2D eigenvalue weighted by molar-refractivity contribution is 5.79. The molecule has 1 saturated heterocycles. The van der Waals surface area contributed by atoms with Gasteiger partial charge in [-0.1, -0.05) is 12.8 Å². The lowest BCUT2D eigenvalue weighted by molar-refractivity contribution is -0.135. The van der Waals surface area contributed by atoms with Gasteiger partial charge in [0, 0.05) is 45.2 Å². The number of aromatic nitrogens is 3. The van der Waals surface area contributed by atoms with Crippen LogP contribution in [0.5, 0.6) is 0 Å². The van der Waals surface area contributed by atoms with Crippen LogP contribution in [0.15, 0.2) is 22.7 Å². The highest BCUT2D eigenvalue weighted by Crippen LogP contribution is 2.30. The van der Waals surface area contributed by atoms with Crippen molar-refractivity contribution in [1.29, 1.82) is 0 Å². The number of hydrogen-bond donors (Lipinski definition) is 0. The number of hydrogen-bond acceptors (Lipinski definition) is 6. The normalized spacial score (nSPS) is 18.8. The van der Waals surface area contributed by atoms with Crippen molar-refractivity contribution in [3.63, 3.8) is 0 Å². The summed E-state index contributed by atoms with van der Waals surface area (Å²) in [6, 6.07) is 3.82. The van der Waals surface area contributed by atoms with Gasteiger partial charge in [0.25, 0.3) is 5.89 Å². The van der Waals surface area contributed by atoms with E-state index in [9.17, 15) is 4.79 Å². The van der Waals surface area contributed by atoms with E-state index in [1.165, 1.54) is 12.8 Å². The first kappa shape index (κ1) is 16.1. The van der Waals surface area contributed by atoms with Gasteiger partial charge in [0.15, 0.2) is 0 Å². The van der Waals surface area contributed by atoms with Crippen LogP contribution in [0, 0.1) is 12.8 Å². The van der Waals surface area contributed by atoms with Crippen molar-refractivity contribution in [1.82, 2.24) is 20.1 Å². The fraction of sp³-hybridized carbons (Fsp3) is 0.556. The number of nitrogens with zero attached hydrogens (tertiary/aromatic N) is 5. The Morgan fingerprint density at radius 3 is 2.60 bits per heavy atom. The molecule has 1 saturated carbocycles. The Hall–Kier alpha value is -2.44. The van der Waals surface area contributed by atoms with Crippen molar-refractivity contribution in [3.8, 4) is 11.5 Å². The Bertz CT molecular complexity index is 745. The SMILES string of the molecule is Cc1nnc(-c2cccnc2N2CCN(C(=O)C3CCCC3)CC2)o1. The van der Waals surface area contributed by atoms with Crippen LogP contribution in [-0.2, 0) is 4.79 Å². The maximum atomic E-state index is 12.6. The van der Waals surface area contributed by atoms with Gasteiger partial charge in [-0.25, -0.2) is 4.98 Å². The third-order valence-corrected chi connectivity index (χ3v) is 5.14. The second-order valence-electron chi connectivity index (χ2n) is 6.79. The Kier molecular flexibility index (Phi) is 4.38. The predicted octanol–water partition coefficient (Wildman–Crippen LogP) is 2.28. The molecule has 4 rings (SSSR count). The molecule has 7 heteroatoms. The van der Waals surface area contributed by atoms with Gasteiger partial charge in [-0.2, -0.15) is 0 Å². The summed E-state index contributed by atoms with van der Waals surface area (Å²) in [7, 11) is 0. The fourth-order valence-corrected chi connectivity index (χ4v) is 3.79. The van der Waals surface area contributed by atoms with Gasteiger partial charge in [0.05, 0.1) is 5.56 Å². The van der Waals surface area contributed by atoms with E-state index in [0.29, 0.717) is 17.7 Å². The molecular weight excluding hydrogens is 318 g/mol. The number of rotatable bonds is 3. The summed E-state index contributed by atoms with van der Waals surface area (Å²) >= 11 is 0. The minimum Gasteiger partial charge on any atom is -0.421 e. The standard InChI is InChI=1S/C18H23N5O2/c1-13-20-21-17(25-13)15-7-4-8-19-16(15)22-9-11-23(12-10-22)18(24)14-5-2-3-6-14/h4,7-8,14H,2-3,5-6,9-12H2,1H3. The second-order valence-corrected chi connectivity index (χ2v) is 6.79. The van der Waals surface area contributed by atoms with Crippen LogP contribution in [0.3, 0.4) is 0 Å². The van der Waals surface area contributed by atoms with Gasteiger partial charge >= 0.3 is 0 Å². The van der Waals surface area contributed by atoms with E-state index in [1.54, 1.807) is 13.1 Å². The Morgan fingerprint density at radius 2 is 1.92 bits per heavy atom. The topological polar surface area (TPSA) is 75.4 Å². The number of piperazine rings is 1. The number of pyridine rings is 1. The van der Waals surface area contributed by atoms with Crippen molar-refractivity contribution in [2.24, 2.45) is 5.92 Å². The summed E-state index contributed by atoms with van der Waals surface area (Å²) in [5.74, 6) is 2.46. The van der Waals surface area contributed by atoms with E-state index < -0.39 is 0 Å². The zero-order valence-electron chi connectivity index (χ0n) is 14.5. The highest BCUT2D eigenvalue weighted by atomic mass is 16.4. The summed E-state index contributed by atoms with van der Waals surface area (Å²) in [6.07, 6.45) is 6.27. The maximum Gasteiger partial charge on any atom is 0.251 e. The van der Waals surface area contributed by atoms with Gasteiger partial charge < -0.3 is 14.2 Å². The van der Waals surface area contributed by atoms with Crippen molar-refractivity contribution in [2.45, 2.75) is 32.6 Å². The van der Waals surface area contributed by atoms with Gasteiger partial charge in [0.1, 0.15) is 5.82 Å². The highest BCUT2D eigenvalue weighted by Gasteiger charge is 2.30. The summed E-state index contributed by atoms with van der Waals surface area (Å²) < 4.78 is 5.57. The summed E-state index contributed by atoms with van der Waals surface area (Å²) in [4.78, 5) is 21.3. The lowest BCUT2D eigenvalue weighted by atomic mass is 10.1. The molecule has 0 spiro atoms. The zero-order valence-corrected chi connectivity index (χ0v) is 14.5. The molecule has 0 N–H and O–H groups in total. The molecule has 132 valence electrons. The number of anilines is 1. The van der Waals surface area contributed by atoms with Gasteiger partial charge in [-0.05, 0) is 25.0 Å². The number of amides is 1. The van der Waals surface area contributed by atoms with Crippen molar-refractivity contribution in [3.05, 3.63) is 24.2 Å². The van der Waals surface area contributed by atoms with Crippen LogP contribution in [-0.4, -0.2) is 52.2 Å². The molecule has 1 amide bonds. The van der Waals surface area contributed by atoms with Gasteiger partial charge in [0.2, 0.25) is 11.8 Å². The van der Waals surface area contributed by atoms with Crippen LogP contribution in [0.2, 0.25) is 0 Å². The van der Waals surface area contributed by atoms with Crippen LogP contribution >= 0.6 is 0 Å². The summed E-state index contributed by atoms with van der Waals surface area (Å²) in [5, 5.41) is 8.03. The minimum absolute atomic E-state index is 0.248. The second kappa shape index (κ2) is 6.82. The largest absolute Gasteiger partial charge is 0.421 e. The summed E-state index contributed by atoms with van der Waals surface area (Å²) in [6.45, 7) is 4.81. The smallest absolute Gasteiger partial charge is 0.251 e. The quantitative estimate of drug-likeness (QED) is 0.852. The monoisotopic (exact) mass is 341 g/mol. The third kappa shape index (κ3) is 3.23. The van der Waals surface area contributed by atoms with Gasteiger partial charge in [-0.3, -0.25) is 4.79 Å². The molecular formula is C18H23N5O2. The lowest BCUT2D eigenvalue weighted by Crippen LogP contribution is -2.50. The molecule has 7 nitrogen and oxygen atoms in total. The Morgan fingerprint density at radius 1 is 1.16 bits per heavy atom. The van der Waals surface area contributed by atoms with E-state index in [4.69, 9.17) is 4.42 Å². The Labute approximate surface area is 147 Å². The van der Waals surface area contributed by atoms with Crippen molar-refractivity contribution >= 4 is 11.7 Å². The minimum atomic E-state index is 0.248. The molecule has 1 aliphatic carbocycles. The van der Waals surface area contributed by atoms with Crippen LogP contribution in [0.25, 0.3) is 11.5 Å². The molecule has 0 bridgehead atoms. The van der Waals surface area contributed by atoms with E-state index in [2.05, 4.69) is 20.1 Å². The molecule has 0 aromatic carbocycles. The summed E-state index contributed by atoms with van der Waals surface area (Å²) in [5.41, 5.74) is 0.846. The molecule has 0 unspecified atom stereocenters. The first-order valence-electron chi connectivity index (χ1n) is 9.01. The van der Waals surface area contributed by atoms with E-state index >= 15 is 0 Å². The Balaban J connectivity index is 1.47. The average Bonchev–Trinajstić information content (AvgIpc) is 3.33. The van der Waals surface area contributed by atoms with Crippen LogP contribution in [0.1, 0.15) is 31.6 Å². The molecule has 0 radical (unpaired) electrons. The average molecular weight is 341 g/mol. The van der Waals surface area contributed by atoms with E-state index in [-0.39, 0.29) is 5.92 Å². The molecule has 3 heterocycles. The molecule has 0 atom stereocenters. The van der Waals surface area contributed by atoms with E-state index in [0.717, 1.165) is 50.4 Å². The van der Waals surface area contributed by atoms with Crippen LogP contribution in [0.4, 0.5) is 5.82 Å². The van der Waals surface area contributed by atoms with Crippen molar-refractivity contribution < 1.29 is 9.21 Å². The lowest BCUT2D eigenvalue weighted by Gasteiger charge is -2.37. The molecule has 25 heavy (non-hydrogen) atoms. The van der Waals surface area contributed by atoms with Gasteiger partial charge in [-0.15, -0.1) is 10.2 Å². The molecule has 2 aromatic rings. The molecule has 2 fully saturated rings. The first-order chi connectivity index (χ1) is 12.2.